The van der Waals surface area contributed by atoms with E-state index in [1.54, 1.807) is 19.0 Å². The van der Waals surface area contributed by atoms with Gasteiger partial charge in [-0.15, -0.1) is 0 Å². The van der Waals surface area contributed by atoms with Gasteiger partial charge in [-0.05, 0) is 0 Å². The molecule has 0 spiro atoms. The highest BCUT2D eigenvalue weighted by atomic mass is 32.1. The lowest BCUT2D eigenvalue weighted by atomic mass is 10.0. The summed E-state index contributed by atoms with van der Waals surface area (Å²) in [5, 5.41) is 0. The smallest absolute Gasteiger partial charge is 0.321 e. The van der Waals surface area contributed by atoms with E-state index in [1.165, 1.54) is 9.47 Å². The highest BCUT2D eigenvalue weighted by Gasteiger charge is 2.50. The van der Waals surface area contributed by atoms with Gasteiger partial charge in [0.15, 0.2) is 6.04 Å². The van der Waals surface area contributed by atoms with E-state index in [0.717, 1.165) is 16.2 Å². The van der Waals surface area contributed by atoms with Crippen molar-refractivity contribution in [3.63, 3.8) is 0 Å². The van der Waals surface area contributed by atoms with Gasteiger partial charge in [0.1, 0.15) is 0 Å². The van der Waals surface area contributed by atoms with Gasteiger partial charge in [-0.3, -0.25) is 9.59 Å². The summed E-state index contributed by atoms with van der Waals surface area (Å²) in [5.74, 6) is -0.605. The first-order valence-electron chi connectivity index (χ1n) is 5.46. The molecule has 0 aromatic carbocycles. The van der Waals surface area contributed by atoms with Crippen molar-refractivity contribution in [2.24, 2.45) is 12.8 Å². The SMILES string of the molecule is CN1C(=O)N2C[C@H]1c1sc(=O)n(C)c1[C@H]2C(N)=O. The Bertz CT molecular complexity index is 619. The topological polar surface area (TPSA) is 88.6 Å². The predicted molar refractivity (Wildman–Crippen MR) is 64.1 cm³/mol. The summed E-state index contributed by atoms with van der Waals surface area (Å²) in [7, 11) is 3.27. The van der Waals surface area contributed by atoms with Crippen molar-refractivity contribution < 1.29 is 9.59 Å². The summed E-state index contributed by atoms with van der Waals surface area (Å²) < 4.78 is 1.42. The van der Waals surface area contributed by atoms with E-state index >= 15 is 0 Å². The Balaban J connectivity index is 2.28. The van der Waals surface area contributed by atoms with Crippen molar-refractivity contribution in [2.75, 3.05) is 13.6 Å². The number of thiazole rings is 1. The molecule has 96 valence electrons. The zero-order valence-electron chi connectivity index (χ0n) is 9.91. The second kappa shape index (κ2) is 3.35. The number of aromatic nitrogens is 1. The van der Waals surface area contributed by atoms with E-state index < -0.39 is 11.9 Å². The quantitative estimate of drug-likeness (QED) is 0.737. The van der Waals surface area contributed by atoms with Crippen LogP contribution in [0, 0.1) is 0 Å². The molecule has 1 saturated heterocycles. The molecule has 3 amide bonds. The van der Waals surface area contributed by atoms with E-state index in [1.807, 2.05) is 0 Å². The molecule has 0 saturated carbocycles. The van der Waals surface area contributed by atoms with Crippen LogP contribution >= 0.6 is 11.3 Å². The molecule has 1 aromatic rings. The first kappa shape index (κ1) is 11.3. The third-order valence-electron chi connectivity index (χ3n) is 3.61. The van der Waals surface area contributed by atoms with E-state index in [-0.39, 0.29) is 16.9 Å². The zero-order chi connectivity index (χ0) is 13.2. The molecule has 0 unspecified atom stereocenters. The number of amides is 3. The molecule has 0 aliphatic carbocycles. The highest BCUT2D eigenvalue weighted by Crippen LogP contribution is 2.43. The van der Waals surface area contributed by atoms with Crippen LogP contribution in [0.4, 0.5) is 4.79 Å². The fraction of sp³-hybridized carbons (Fsp3) is 0.500. The van der Waals surface area contributed by atoms with Crippen LogP contribution in [0.25, 0.3) is 0 Å². The van der Waals surface area contributed by atoms with Gasteiger partial charge in [0.25, 0.3) is 0 Å². The molecule has 2 aliphatic rings. The maximum absolute atomic E-state index is 12.0. The lowest BCUT2D eigenvalue weighted by Crippen LogP contribution is -2.42. The van der Waals surface area contributed by atoms with Crippen LogP contribution in [-0.4, -0.2) is 39.9 Å². The summed E-state index contributed by atoms with van der Waals surface area (Å²) in [5.41, 5.74) is 5.95. The number of rotatable bonds is 1. The minimum Gasteiger partial charge on any atom is -0.368 e. The molecular weight excluding hydrogens is 256 g/mol. The van der Waals surface area contributed by atoms with Crippen LogP contribution in [0.5, 0.6) is 0 Å². The Morgan fingerprint density at radius 2 is 2.06 bits per heavy atom. The van der Waals surface area contributed by atoms with Gasteiger partial charge in [-0.1, -0.05) is 11.3 Å². The second-order valence-corrected chi connectivity index (χ2v) is 5.54. The fourth-order valence-electron chi connectivity index (χ4n) is 2.67. The normalized spacial score (nSPS) is 25.6. The third-order valence-corrected chi connectivity index (χ3v) is 4.76. The number of nitrogens with two attached hydrogens (primary N) is 1. The van der Waals surface area contributed by atoms with Gasteiger partial charge in [0.2, 0.25) is 5.91 Å². The van der Waals surface area contributed by atoms with E-state index in [0.29, 0.717) is 12.2 Å². The second-order valence-electron chi connectivity index (χ2n) is 4.54. The first-order valence-corrected chi connectivity index (χ1v) is 6.27. The van der Waals surface area contributed by atoms with Crippen molar-refractivity contribution in [1.29, 1.82) is 0 Å². The minimum absolute atomic E-state index is 0.138. The first-order chi connectivity index (χ1) is 8.43. The standard InChI is InChI=1S/C10H12N4O3S/c1-12-4-3-14(9(12)16)6(8(11)15)5-7(4)18-10(17)13(5)2/h4,6H,3H2,1-2H3,(H2,11,15)/t4-,6-/m0/s1. The monoisotopic (exact) mass is 268 g/mol. The average Bonchev–Trinajstić information content (AvgIpc) is 2.73. The van der Waals surface area contributed by atoms with Gasteiger partial charge in [0.05, 0.1) is 16.6 Å². The van der Waals surface area contributed by atoms with Crippen LogP contribution < -0.4 is 10.6 Å². The molecule has 3 rings (SSSR count). The molecular formula is C10H12N4O3S. The van der Waals surface area contributed by atoms with E-state index in [2.05, 4.69) is 0 Å². The highest BCUT2D eigenvalue weighted by molar-refractivity contribution is 7.09. The van der Waals surface area contributed by atoms with Crippen LogP contribution in [0.15, 0.2) is 4.79 Å². The fourth-order valence-corrected chi connectivity index (χ4v) is 3.81. The molecule has 2 atom stereocenters. The van der Waals surface area contributed by atoms with Gasteiger partial charge in [-0.2, -0.15) is 0 Å². The van der Waals surface area contributed by atoms with Gasteiger partial charge in [-0.25, -0.2) is 4.79 Å². The summed E-state index contributed by atoms with van der Waals surface area (Å²) in [6, 6.07) is -1.21. The zero-order valence-corrected chi connectivity index (χ0v) is 10.7. The van der Waals surface area contributed by atoms with E-state index in [4.69, 9.17) is 5.73 Å². The Kier molecular flexibility index (Phi) is 2.10. The summed E-state index contributed by atoms with van der Waals surface area (Å²) in [4.78, 5) is 39.0. The number of urea groups is 1. The number of hydrogen-bond acceptors (Lipinski definition) is 4. The van der Waals surface area contributed by atoms with Crippen molar-refractivity contribution >= 4 is 23.3 Å². The van der Waals surface area contributed by atoms with Crippen LogP contribution in [0.2, 0.25) is 0 Å². The van der Waals surface area contributed by atoms with Crippen LogP contribution in [0.3, 0.4) is 0 Å². The predicted octanol–water partition coefficient (Wildman–Crippen LogP) is -0.605. The largest absolute Gasteiger partial charge is 0.368 e. The van der Waals surface area contributed by atoms with Crippen molar-refractivity contribution in [1.82, 2.24) is 14.4 Å². The molecule has 2 N–H and O–H groups in total. The number of carbonyl (C=O) groups is 2. The minimum atomic E-state index is -0.836. The Labute approximate surface area is 106 Å². The number of fused-ring (bicyclic) bond motifs is 4. The maximum Gasteiger partial charge on any atom is 0.321 e. The summed E-state index contributed by atoms with van der Waals surface area (Å²) in [6.07, 6.45) is 0. The van der Waals surface area contributed by atoms with Crippen molar-refractivity contribution in [3.8, 4) is 0 Å². The Morgan fingerprint density at radius 1 is 1.39 bits per heavy atom. The van der Waals surface area contributed by atoms with Crippen LogP contribution in [-0.2, 0) is 11.8 Å². The molecule has 2 bridgehead atoms. The third kappa shape index (κ3) is 1.15. The number of nitrogens with zero attached hydrogens (tertiary/aromatic N) is 3. The van der Waals surface area contributed by atoms with Gasteiger partial charge in [0, 0.05) is 20.6 Å². The molecule has 1 aromatic heterocycles. The molecule has 1 fully saturated rings. The number of primary amides is 1. The molecule has 2 aliphatic heterocycles. The Hall–Kier alpha value is -1.83. The number of hydrogen-bond donors (Lipinski definition) is 1. The number of likely N-dealkylation sites (N-methyl/N-ethyl adjacent to an activating group) is 1. The summed E-state index contributed by atoms with van der Waals surface area (Å²) in [6.45, 7) is 0.413. The van der Waals surface area contributed by atoms with Gasteiger partial charge >= 0.3 is 10.9 Å². The van der Waals surface area contributed by atoms with Crippen molar-refractivity contribution in [3.05, 3.63) is 20.2 Å². The molecule has 0 radical (unpaired) electrons. The lowest BCUT2D eigenvalue weighted by molar-refractivity contribution is -0.122. The maximum atomic E-state index is 12.0. The Morgan fingerprint density at radius 3 is 2.67 bits per heavy atom. The summed E-state index contributed by atoms with van der Waals surface area (Å²) >= 11 is 1.08. The molecule has 7 nitrogen and oxygen atoms in total. The lowest BCUT2D eigenvalue weighted by Gasteiger charge is -2.28. The van der Waals surface area contributed by atoms with Crippen LogP contribution in [0.1, 0.15) is 22.7 Å². The van der Waals surface area contributed by atoms with Gasteiger partial charge < -0.3 is 20.1 Å². The number of carbonyl (C=O) groups excluding carboxylic acids is 2. The van der Waals surface area contributed by atoms with E-state index in [9.17, 15) is 14.4 Å². The molecule has 3 heterocycles. The van der Waals surface area contributed by atoms with Crippen molar-refractivity contribution in [2.45, 2.75) is 12.1 Å². The average molecular weight is 268 g/mol. The molecule has 18 heavy (non-hydrogen) atoms. The molecule has 8 heteroatoms.